The summed E-state index contributed by atoms with van der Waals surface area (Å²) in [4.78, 5) is 0. The summed E-state index contributed by atoms with van der Waals surface area (Å²) >= 11 is 6.65. The van der Waals surface area contributed by atoms with Crippen molar-refractivity contribution in [1.82, 2.24) is 0 Å². The molecule has 0 aliphatic carbocycles. The number of halogens is 1. The van der Waals surface area contributed by atoms with E-state index in [0.717, 1.165) is 5.30 Å². The van der Waals surface area contributed by atoms with Crippen molar-refractivity contribution in [2.45, 2.75) is 39.5 Å². The molecule has 0 heterocycles. The van der Waals surface area contributed by atoms with E-state index in [1.807, 2.05) is 18.2 Å². The second-order valence-electron chi connectivity index (χ2n) is 5.85. The molecule has 0 spiro atoms. The van der Waals surface area contributed by atoms with Gasteiger partial charge >= 0.3 is 0 Å². The van der Waals surface area contributed by atoms with Crippen LogP contribution >= 0.6 is 18.7 Å². The number of hydrogen-bond donors (Lipinski definition) is 1. The SMILES string of the molecule is CC(C)c1cccc(C(C)C)c1NP(Cl)c1ccccc1. The van der Waals surface area contributed by atoms with Gasteiger partial charge in [0.25, 0.3) is 0 Å². The average molecular weight is 320 g/mol. The normalized spacial score (nSPS) is 12.7. The monoisotopic (exact) mass is 319 g/mol. The van der Waals surface area contributed by atoms with Crippen molar-refractivity contribution in [2.24, 2.45) is 0 Å². The molecule has 0 saturated heterocycles. The fourth-order valence-corrected chi connectivity index (χ4v) is 4.01. The second kappa shape index (κ2) is 7.29. The fourth-order valence-electron chi connectivity index (χ4n) is 2.40. The molecule has 0 aromatic heterocycles. The lowest BCUT2D eigenvalue weighted by Crippen LogP contribution is -2.07. The molecule has 2 aromatic carbocycles. The first-order valence-corrected chi connectivity index (χ1v) is 9.65. The largest absolute Gasteiger partial charge is 0.348 e. The minimum absolute atomic E-state index is 0.474. The minimum Gasteiger partial charge on any atom is -0.348 e. The number of benzene rings is 2. The Kier molecular flexibility index (Phi) is 5.67. The lowest BCUT2D eigenvalue weighted by Gasteiger charge is -2.23. The first-order chi connectivity index (χ1) is 10.0. The molecule has 21 heavy (non-hydrogen) atoms. The van der Waals surface area contributed by atoms with Crippen LogP contribution in [0, 0.1) is 0 Å². The Morgan fingerprint density at radius 2 is 1.33 bits per heavy atom. The Hall–Kier alpha value is -1.04. The van der Waals surface area contributed by atoms with Crippen molar-refractivity contribution in [3.8, 4) is 0 Å². The van der Waals surface area contributed by atoms with Gasteiger partial charge in [-0.05, 0) is 23.0 Å². The van der Waals surface area contributed by atoms with Crippen LogP contribution in [0.2, 0.25) is 0 Å². The third-order valence-electron chi connectivity index (χ3n) is 3.57. The topological polar surface area (TPSA) is 12.0 Å². The standard InChI is InChI=1S/C18H23ClNP/c1-13(2)16-11-8-12-17(14(3)4)18(16)20-21(19)15-9-6-5-7-10-15/h5-14,20H,1-4H3. The van der Waals surface area contributed by atoms with Crippen LogP contribution < -0.4 is 10.4 Å². The van der Waals surface area contributed by atoms with Crippen molar-refractivity contribution >= 4 is 29.7 Å². The van der Waals surface area contributed by atoms with Gasteiger partial charge in [-0.1, -0.05) is 87.5 Å². The van der Waals surface area contributed by atoms with Gasteiger partial charge in [-0.2, -0.15) is 0 Å². The summed E-state index contributed by atoms with van der Waals surface area (Å²) in [5, 5.41) is 4.74. The smallest absolute Gasteiger partial charge is 0.119 e. The number of hydrogen-bond acceptors (Lipinski definition) is 1. The summed E-state index contributed by atoms with van der Waals surface area (Å²) in [6.45, 7) is 8.90. The van der Waals surface area contributed by atoms with Gasteiger partial charge in [0, 0.05) is 11.0 Å². The van der Waals surface area contributed by atoms with Gasteiger partial charge in [0.1, 0.15) is 7.43 Å². The summed E-state index contributed by atoms with van der Waals surface area (Å²) in [6.07, 6.45) is 0. The molecule has 2 rings (SSSR count). The second-order valence-corrected chi connectivity index (χ2v) is 8.16. The van der Waals surface area contributed by atoms with Crippen molar-refractivity contribution in [3.05, 3.63) is 59.7 Å². The lowest BCUT2D eigenvalue weighted by molar-refractivity contribution is 0.840. The first kappa shape index (κ1) is 16.3. The maximum absolute atomic E-state index is 6.65. The van der Waals surface area contributed by atoms with Crippen LogP contribution in [0.5, 0.6) is 0 Å². The van der Waals surface area contributed by atoms with Gasteiger partial charge in [-0.3, -0.25) is 0 Å². The molecular formula is C18H23ClNP. The van der Waals surface area contributed by atoms with Gasteiger partial charge in [0.15, 0.2) is 0 Å². The number of anilines is 1. The molecule has 1 nitrogen and oxygen atoms in total. The van der Waals surface area contributed by atoms with Crippen molar-refractivity contribution in [1.29, 1.82) is 0 Å². The summed E-state index contributed by atoms with van der Waals surface area (Å²) in [5.41, 5.74) is 3.89. The van der Waals surface area contributed by atoms with Gasteiger partial charge in [-0.15, -0.1) is 0 Å². The van der Waals surface area contributed by atoms with Gasteiger partial charge < -0.3 is 5.09 Å². The molecule has 0 amide bonds. The molecule has 0 radical (unpaired) electrons. The summed E-state index contributed by atoms with van der Waals surface area (Å²) in [5.74, 6) is 0.948. The van der Waals surface area contributed by atoms with E-state index in [9.17, 15) is 0 Å². The van der Waals surface area contributed by atoms with Crippen LogP contribution in [0.4, 0.5) is 5.69 Å². The van der Waals surface area contributed by atoms with Gasteiger partial charge in [-0.25, -0.2) is 0 Å². The predicted molar refractivity (Wildman–Crippen MR) is 97.1 cm³/mol. The van der Waals surface area contributed by atoms with Crippen LogP contribution in [0.15, 0.2) is 48.5 Å². The highest BCUT2D eigenvalue weighted by Gasteiger charge is 2.17. The average Bonchev–Trinajstić information content (AvgIpc) is 2.47. The zero-order valence-electron chi connectivity index (χ0n) is 13.1. The number of nitrogens with one attached hydrogen (secondary N) is 1. The summed E-state index contributed by atoms with van der Waals surface area (Å²) in [6, 6.07) is 16.8. The highest BCUT2D eigenvalue weighted by molar-refractivity contribution is 7.91. The molecule has 0 aliphatic heterocycles. The maximum Gasteiger partial charge on any atom is 0.119 e. The molecule has 1 unspecified atom stereocenters. The molecular weight excluding hydrogens is 297 g/mol. The summed E-state index contributed by atoms with van der Waals surface area (Å²) < 4.78 is 0. The van der Waals surface area contributed by atoms with Crippen LogP contribution in [0.25, 0.3) is 0 Å². The van der Waals surface area contributed by atoms with Crippen LogP contribution in [-0.2, 0) is 0 Å². The molecule has 1 N–H and O–H groups in total. The van der Waals surface area contributed by atoms with Crippen molar-refractivity contribution in [2.75, 3.05) is 5.09 Å². The Labute approximate surface area is 134 Å². The number of para-hydroxylation sites is 1. The molecule has 2 aromatic rings. The highest BCUT2D eigenvalue weighted by atomic mass is 35.7. The van der Waals surface area contributed by atoms with E-state index in [2.05, 4.69) is 63.1 Å². The van der Waals surface area contributed by atoms with Crippen molar-refractivity contribution in [3.63, 3.8) is 0 Å². The molecule has 0 saturated carbocycles. The minimum atomic E-state index is -0.912. The molecule has 1 atom stereocenters. The van der Waals surface area contributed by atoms with Gasteiger partial charge in [0.2, 0.25) is 0 Å². The van der Waals surface area contributed by atoms with Gasteiger partial charge in [0.05, 0.1) is 0 Å². The zero-order chi connectivity index (χ0) is 15.4. The maximum atomic E-state index is 6.65. The molecule has 0 bridgehead atoms. The van der Waals surface area contributed by atoms with E-state index in [1.54, 1.807) is 0 Å². The lowest BCUT2D eigenvalue weighted by atomic mass is 9.93. The van der Waals surface area contributed by atoms with Crippen LogP contribution in [0.3, 0.4) is 0 Å². The Morgan fingerprint density at radius 3 is 1.81 bits per heavy atom. The Balaban J connectivity index is 2.38. The fraction of sp³-hybridized carbons (Fsp3) is 0.333. The van der Waals surface area contributed by atoms with E-state index < -0.39 is 7.43 Å². The van der Waals surface area contributed by atoms with E-state index in [-0.39, 0.29) is 0 Å². The van der Waals surface area contributed by atoms with E-state index in [1.165, 1.54) is 16.8 Å². The Bertz CT molecular complexity index is 555. The molecule has 3 heteroatoms. The predicted octanol–water partition coefficient (Wildman–Crippen LogP) is 6.22. The third-order valence-corrected chi connectivity index (χ3v) is 5.58. The first-order valence-electron chi connectivity index (χ1n) is 7.41. The van der Waals surface area contributed by atoms with Crippen LogP contribution in [0.1, 0.15) is 50.7 Å². The van der Waals surface area contributed by atoms with E-state index >= 15 is 0 Å². The van der Waals surface area contributed by atoms with Crippen molar-refractivity contribution < 1.29 is 0 Å². The molecule has 0 aliphatic rings. The zero-order valence-corrected chi connectivity index (χ0v) is 14.7. The summed E-state index contributed by atoms with van der Waals surface area (Å²) in [7, 11) is -0.912. The van der Waals surface area contributed by atoms with E-state index in [0.29, 0.717) is 11.8 Å². The third kappa shape index (κ3) is 3.99. The van der Waals surface area contributed by atoms with E-state index in [4.69, 9.17) is 11.2 Å². The quantitative estimate of drug-likeness (QED) is 0.645. The van der Waals surface area contributed by atoms with Crippen LogP contribution in [-0.4, -0.2) is 0 Å². The Morgan fingerprint density at radius 1 is 0.810 bits per heavy atom. The number of rotatable bonds is 5. The molecule has 112 valence electrons. The molecule has 0 fully saturated rings. The highest BCUT2D eigenvalue weighted by Crippen LogP contribution is 2.44.